The van der Waals surface area contributed by atoms with Crippen LogP contribution in [0, 0.1) is 5.92 Å². The molecule has 0 aromatic heterocycles. The van der Waals surface area contributed by atoms with Crippen molar-refractivity contribution in [3.8, 4) is 11.1 Å². The van der Waals surface area contributed by atoms with Crippen LogP contribution in [0.5, 0.6) is 0 Å². The number of carboxylic acids is 1. The van der Waals surface area contributed by atoms with Crippen LogP contribution in [0.4, 0.5) is 4.79 Å². The maximum Gasteiger partial charge on any atom is 0.407 e. The molecule has 0 saturated heterocycles. The van der Waals surface area contributed by atoms with Crippen LogP contribution in [-0.4, -0.2) is 41.3 Å². The van der Waals surface area contributed by atoms with Gasteiger partial charge >= 0.3 is 12.1 Å². The number of aliphatic carboxylic acids is 1. The van der Waals surface area contributed by atoms with Crippen LogP contribution in [0.1, 0.15) is 57.6 Å². The highest BCUT2D eigenvalue weighted by Gasteiger charge is 2.31. The lowest BCUT2D eigenvalue weighted by Crippen LogP contribution is -2.49. The van der Waals surface area contributed by atoms with Crippen LogP contribution < -0.4 is 10.6 Å². The number of nitrogens with one attached hydrogen (secondary N) is 2. The number of alkyl carbamates (subject to hydrolysis) is 1. The lowest BCUT2D eigenvalue weighted by Gasteiger charge is -2.28. The molecule has 0 heterocycles. The summed E-state index contributed by atoms with van der Waals surface area (Å²) in [6, 6.07) is 15.7. The molecule has 2 amide bonds. The molecule has 33 heavy (non-hydrogen) atoms. The highest BCUT2D eigenvalue weighted by Crippen LogP contribution is 2.44. The maximum absolute atomic E-state index is 12.6. The van der Waals surface area contributed by atoms with Crippen LogP contribution in [0.25, 0.3) is 11.1 Å². The summed E-state index contributed by atoms with van der Waals surface area (Å²) >= 11 is 0. The topological polar surface area (TPSA) is 105 Å². The lowest BCUT2D eigenvalue weighted by molar-refractivity contribution is -0.138. The van der Waals surface area contributed by atoms with E-state index in [0.29, 0.717) is 0 Å². The quantitative estimate of drug-likeness (QED) is 0.526. The Morgan fingerprint density at radius 1 is 1.00 bits per heavy atom. The van der Waals surface area contributed by atoms with E-state index in [2.05, 4.69) is 34.9 Å². The minimum atomic E-state index is -0.968. The first-order chi connectivity index (χ1) is 15.6. The number of benzene rings is 2. The van der Waals surface area contributed by atoms with E-state index in [9.17, 15) is 14.4 Å². The number of ether oxygens (including phenoxy) is 1. The van der Waals surface area contributed by atoms with Crippen molar-refractivity contribution in [2.24, 2.45) is 5.92 Å². The fraction of sp³-hybridized carbons (Fsp3) is 0.423. The van der Waals surface area contributed by atoms with E-state index in [1.54, 1.807) is 13.8 Å². The van der Waals surface area contributed by atoms with Gasteiger partial charge in [-0.3, -0.25) is 9.59 Å². The zero-order valence-electron chi connectivity index (χ0n) is 19.6. The zero-order chi connectivity index (χ0) is 24.2. The number of carbonyl (C=O) groups is 3. The van der Waals surface area contributed by atoms with Crippen LogP contribution in [0.15, 0.2) is 48.5 Å². The molecule has 0 bridgehead atoms. The van der Waals surface area contributed by atoms with Gasteiger partial charge in [0.25, 0.3) is 0 Å². The first-order valence-corrected chi connectivity index (χ1v) is 11.2. The average Bonchev–Trinajstić information content (AvgIpc) is 3.04. The van der Waals surface area contributed by atoms with E-state index in [4.69, 9.17) is 9.84 Å². The molecule has 0 unspecified atom stereocenters. The van der Waals surface area contributed by atoms with Crippen molar-refractivity contribution in [1.82, 2.24) is 10.6 Å². The van der Waals surface area contributed by atoms with Crippen molar-refractivity contribution in [2.45, 2.75) is 58.0 Å². The Morgan fingerprint density at radius 2 is 1.55 bits per heavy atom. The van der Waals surface area contributed by atoms with Crippen LogP contribution in [0.2, 0.25) is 0 Å². The molecule has 0 aliphatic heterocycles. The molecule has 7 heteroatoms. The monoisotopic (exact) mass is 452 g/mol. The molecule has 1 aliphatic rings. The second-order valence-corrected chi connectivity index (χ2v) is 9.53. The number of fused-ring (bicyclic) bond motifs is 3. The first kappa shape index (κ1) is 24.3. The summed E-state index contributed by atoms with van der Waals surface area (Å²) in [6.07, 6.45) is -0.746. The lowest BCUT2D eigenvalue weighted by atomic mass is 9.97. The van der Waals surface area contributed by atoms with Gasteiger partial charge in [-0.15, -0.1) is 0 Å². The highest BCUT2D eigenvalue weighted by molar-refractivity contribution is 5.80. The van der Waals surface area contributed by atoms with E-state index in [1.165, 1.54) is 0 Å². The number of rotatable bonds is 9. The summed E-state index contributed by atoms with van der Waals surface area (Å²) in [5.74, 6) is -1.36. The molecule has 0 fully saturated rings. The molecule has 3 rings (SSSR count). The Morgan fingerprint density at radius 3 is 2.06 bits per heavy atom. The molecule has 176 valence electrons. The first-order valence-electron chi connectivity index (χ1n) is 11.2. The Bertz CT molecular complexity index is 985. The second kappa shape index (κ2) is 10.1. The molecule has 3 N–H and O–H groups in total. The molecule has 0 saturated carbocycles. The zero-order valence-corrected chi connectivity index (χ0v) is 19.6. The molecule has 0 radical (unpaired) electrons. The summed E-state index contributed by atoms with van der Waals surface area (Å²) in [5.41, 5.74) is 3.70. The van der Waals surface area contributed by atoms with Gasteiger partial charge in [0.1, 0.15) is 6.61 Å². The molecule has 1 atom stereocenters. The minimum absolute atomic E-state index is 0.0000342. The van der Waals surface area contributed by atoms with Crippen LogP contribution >= 0.6 is 0 Å². The van der Waals surface area contributed by atoms with Gasteiger partial charge in [-0.2, -0.15) is 0 Å². The third kappa shape index (κ3) is 6.12. The van der Waals surface area contributed by atoms with Gasteiger partial charge in [-0.25, -0.2) is 4.79 Å². The van der Waals surface area contributed by atoms with Gasteiger partial charge in [-0.1, -0.05) is 62.4 Å². The van der Waals surface area contributed by atoms with Gasteiger partial charge < -0.3 is 20.5 Å². The fourth-order valence-corrected chi connectivity index (χ4v) is 4.26. The second-order valence-electron chi connectivity index (χ2n) is 9.53. The molecular formula is C26H32N2O5. The third-order valence-corrected chi connectivity index (χ3v) is 5.93. The Hall–Kier alpha value is -3.35. The number of hydrogen-bond donors (Lipinski definition) is 3. The predicted octanol–water partition coefficient (Wildman–Crippen LogP) is 4.31. The molecule has 7 nitrogen and oxygen atoms in total. The molecular weight excluding hydrogens is 420 g/mol. The third-order valence-electron chi connectivity index (χ3n) is 5.93. The van der Waals surface area contributed by atoms with Crippen LogP contribution in [0.3, 0.4) is 0 Å². The van der Waals surface area contributed by atoms with E-state index >= 15 is 0 Å². The van der Waals surface area contributed by atoms with Crippen molar-refractivity contribution in [3.05, 3.63) is 59.7 Å². The SMILES string of the molecule is CC(C)[C@@H](CC(=O)O)NC(=O)CC(C)(C)NC(=O)OCC1c2ccccc2-c2ccccc21. The largest absolute Gasteiger partial charge is 0.481 e. The maximum atomic E-state index is 12.6. The fourth-order valence-electron chi connectivity index (χ4n) is 4.26. The number of amides is 2. The van der Waals surface area contributed by atoms with Crippen molar-refractivity contribution in [2.75, 3.05) is 6.61 Å². The van der Waals surface area contributed by atoms with E-state index in [-0.39, 0.29) is 37.2 Å². The van der Waals surface area contributed by atoms with Crippen LogP contribution in [-0.2, 0) is 14.3 Å². The van der Waals surface area contributed by atoms with Gasteiger partial charge in [0, 0.05) is 23.9 Å². The summed E-state index contributed by atoms with van der Waals surface area (Å²) in [4.78, 5) is 36.1. The number of hydrogen-bond acceptors (Lipinski definition) is 4. The predicted molar refractivity (Wildman–Crippen MR) is 126 cm³/mol. The standard InChI is InChI=1S/C26H32N2O5/c1-16(2)22(13-24(30)31)27-23(29)14-26(3,4)28-25(32)33-15-21-19-11-7-5-9-17(19)18-10-6-8-12-20(18)21/h5-12,16,21-22H,13-15H2,1-4H3,(H,27,29)(H,28,32)(H,30,31)/t22-/m1/s1. The Labute approximate surface area is 194 Å². The van der Waals surface area contributed by atoms with Gasteiger partial charge in [0.05, 0.1) is 6.42 Å². The van der Waals surface area contributed by atoms with Crippen molar-refractivity contribution in [1.29, 1.82) is 0 Å². The molecule has 1 aliphatic carbocycles. The normalized spacial score (nSPS) is 13.7. The Balaban J connectivity index is 1.57. The van der Waals surface area contributed by atoms with Crippen molar-refractivity contribution < 1.29 is 24.2 Å². The summed E-state index contributed by atoms with van der Waals surface area (Å²) in [5, 5.41) is 14.6. The molecule has 2 aromatic carbocycles. The summed E-state index contributed by atoms with van der Waals surface area (Å²) in [7, 11) is 0. The van der Waals surface area contributed by atoms with Gasteiger partial charge in [0.15, 0.2) is 0 Å². The van der Waals surface area contributed by atoms with E-state index < -0.39 is 23.6 Å². The average molecular weight is 453 g/mol. The molecule has 2 aromatic rings. The van der Waals surface area contributed by atoms with E-state index in [0.717, 1.165) is 22.3 Å². The van der Waals surface area contributed by atoms with Gasteiger partial charge in [-0.05, 0) is 42.0 Å². The highest BCUT2D eigenvalue weighted by atomic mass is 16.5. The Kier molecular flexibility index (Phi) is 7.41. The molecule has 0 spiro atoms. The smallest absolute Gasteiger partial charge is 0.407 e. The number of carboxylic acid groups (broad SMARTS) is 1. The van der Waals surface area contributed by atoms with Crippen molar-refractivity contribution in [3.63, 3.8) is 0 Å². The summed E-state index contributed by atoms with van der Waals surface area (Å²) < 4.78 is 5.57. The van der Waals surface area contributed by atoms with Crippen molar-refractivity contribution >= 4 is 18.0 Å². The van der Waals surface area contributed by atoms with E-state index in [1.807, 2.05) is 38.1 Å². The summed E-state index contributed by atoms with van der Waals surface area (Å²) in [6.45, 7) is 7.36. The minimum Gasteiger partial charge on any atom is -0.481 e. The van der Waals surface area contributed by atoms with Gasteiger partial charge in [0.2, 0.25) is 5.91 Å². The number of carbonyl (C=O) groups excluding carboxylic acids is 2.